The predicted molar refractivity (Wildman–Crippen MR) is 118 cm³/mol. The first-order valence-corrected chi connectivity index (χ1v) is 10.2. The molecule has 152 valence electrons. The summed E-state index contributed by atoms with van der Waals surface area (Å²) in [6.45, 7) is -0.0848. The first-order chi connectivity index (χ1) is 14.5. The summed E-state index contributed by atoms with van der Waals surface area (Å²) in [4.78, 5) is 33.5. The molecule has 4 aromatic rings. The van der Waals surface area contributed by atoms with Crippen molar-refractivity contribution in [2.45, 2.75) is 0 Å². The van der Waals surface area contributed by atoms with Crippen molar-refractivity contribution in [1.29, 1.82) is 0 Å². The molecule has 0 saturated carbocycles. The Labute approximate surface area is 177 Å². The number of fused-ring (bicyclic) bond motifs is 1. The molecule has 7 nitrogen and oxygen atoms in total. The van der Waals surface area contributed by atoms with Gasteiger partial charge in [-0.2, -0.15) is 0 Å². The maximum atomic E-state index is 12.6. The maximum absolute atomic E-state index is 12.6. The van der Waals surface area contributed by atoms with E-state index in [1.807, 2.05) is 35.8 Å². The van der Waals surface area contributed by atoms with Crippen LogP contribution in [0.1, 0.15) is 10.4 Å². The average molecular weight is 420 g/mol. The Bertz CT molecular complexity index is 1210. The minimum Gasteiger partial charge on any atom is -0.484 e. The van der Waals surface area contributed by atoms with Crippen molar-refractivity contribution >= 4 is 39.2 Å². The molecule has 2 aromatic heterocycles. The van der Waals surface area contributed by atoms with Gasteiger partial charge in [0.15, 0.2) is 11.7 Å². The molecule has 0 spiro atoms. The van der Waals surface area contributed by atoms with E-state index in [0.717, 1.165) is 22.2 Å². The number of anilines is 1. The van der Waals surface area contributed by atoms with Gasteiger partial charge in [-0.3, -0.25) is 14.9 Å². The Morgan fingerprint density at radius 3 is 2.83 bits per heavy atom. The Morgan fingerprint density at radius 2 is 2.00 bits per heavy atom. The van der Waals surface area contributed by atoms with Gasteiger partial charge in [0, 0.05) is 47.7 Å². The van der Waals surface area contributed by atoms with Crippen molar-refractivity contribution in [3.63, 3.8) is 0 Å². The Balaban J connectivity index is 1.46. The number of aromatic nitrogens is 2. The normalized spacial score (nSPS) is 10.7. The predicted octanol–water partition coefficient (Wildman–Crippen LogP) is 4.01. The van der Waals surface area contributed by atoms with Crippen LogP contribution in [0.2, 0.25) is 0 Å². The first kappa shape index (κ1) is 19.7. The highest BCUT2D eigenvalue weighted by atomic mass is 32.1. The molecule has 0 unspecified atom stereocenters. The maximum Gasteiger partial charge on any atom is 0.259 e. The van der Waals surface area contributed by atoms with Crippen molar-refractivity contribution in [2.75, 3.05) is 26.0 Å². The molecule has 2 heterocycles. The molecule has 0 radical (unpaired) electrons. The number of thiazole rings is 1. The number of benzene rings is 2. The van der Waals surface area contributed by atoms with Crippen molar-refractivity contribution in [2.24, 2.45) is 0 Å². The summed E-state index contributed by atoms with van der Waals surface area (Å²) in [7, 11) is 3.32. The molecule has 2 N–H and O–H groups in total. The number of H-pyrrole nitrogens is 1. The number of amides is 2. The van der Waals surface area contributed by atoms with Crippen molar-refractivity contribution in [3.8, 4) is 17.0 Å². The molecule has 0 saturated heterocycles. The summed E-state index contributed by atoms with van der Waals surface area (Å²) in [5.41, 5.74) is 3.25. The fourth-order valence-electron chi connectivity index (χ4n) is 2.91. The lowest BCUT2D eigenvalue weighted by Crippen LogP contribution is -2.27. The zero-order valence-electron chi connectivity index (χ0n) is 16.5. The third-order valence-corrected chi connectivity index (χ3v) is 5.30. The Morgan fingerprint density at radius 1 is 1.17 bits per heavy atom. The highest BCUT2D eigenvalue weighted by Gasteiger charge is 2.13. The molecule has 4 rings (SSSR count). The van der Waals surface area contributed by atoms with Crippen molar-refractivity contribution in [1.82, 2.24) is 14.9 Å². The summed E-state index contributed by atoms with van der Waals surface area (Å²) in [5, 5.41) is 6.33. The number of ether oxygens (including phenoxy) is 1. The van der Waals surface area contributed by atoms with Crippen LogP contribution in [0.4, 0.5) is 5.13 Å². The lowest BCUT2D eigenvalue weighted by Gasteiger charge is -2.11. The van der Waals surface area contributed by atoms with Gasteiger partial charge in [-0.25, -0.2) is 4.98 Å². The lowest BCUT2D eigenvalue weighted by molar-refractivity contribution is -0.130. The van der Waals surface area contributed by atoms with E-state index in [2.05, 4.69) is 15.3 Å². The molecule has 8 heteroatoms. The molecular formula is C22H20N4O3S. The second-order valence-electron chi connectivity index (χ2n) is 6.84. The topological polar surface area (TPSA) is 87.3 Å². The van der Waals surface area contributed by atoms with Crippen LogP contribution in [0.5, 0.6) is 5.75 Å². The third-order valence-electron chi connectivity index (χ3n) is 4.55. The minimum atomic E-state index is -0.292. The summed E-state index contributed by atoms with van der Waals surface area (Å²) in [5.74, 6) is 0.00753. The second kappa shape index (κ2) is 8.38. The molecular weight excluding hydrogens is 400 g/mol. The van der Waals surface area contributed by atoms with Crippen LogP contribution in [0.15, 0.2) is 60.1 Å². The SMILES string of the molecule is CN(C)C(=O)COc1cccc(C(=O)Nc2nc(-c3c[nH]c4ccccc34)cs2)c1. The number of likely N-dealkylation sites (N-methyl/N-ethyl adjacent to an activating group) is 1. The molecule has 0 aliphatic carbocycles. The number of aromatic amines is 1. The standard InChI is InChI=1S/C22H20N4O3S/c1-26(2)20(27)12-29-15-7-5-6-14(10-15)21(28)25-22-24-19(13-30-22)17-11-23-18-9-4-3-8-16(17)18/h3-11,13,23H,12H2,1-2H3,(H,24,25,28). The fraction of sp³-hybridized carbons (Fsp3) is 0.136. The van der Waals surface area contributed by atoms with Gasteiger partial charge in [-0.15, -0.1) is 11.3 Å². The van der Waals surface area contributed by atoms with Gasteiger partial charge in [0.05, 0.1) is 5.69 Å². The van der Waals surface area contributed by atoms with Crippen LogP contribution >= 0.6 is 11.3 Å². The van der Waals surface area contributed by atoms with Gasteiger partial charge in [-0.1, -0.05) is 24.3 Å². The van der Waals surface area contributed by atoms with E-state index < -0.39 is 0 Å². The zero-order valence-corrected chi connectivity index (χ0v) is 17.3. The number of hydrogen-bond donors (Lipinski definition) is 2. The van der Waals surface area contributed by atoms with Gasteiger partial charge in [0.25, 0.3) is 11.8 Å². The van der Waals surface area contributed by atoms with Crippen LogP contribution in [0, 0.1) is 0 Å². The minimum absolute atomic E-state index is 0.0848. The smallest absolute Gasteiger partial charge is 0.259 e. The lowest BCUT2D eigenvalue weighted by atomic mass is 10.1. The van der Waals surface area contributed by atoms with E-state index in [1.54, 1.807) is 38.4 Å². The van der Waals surface area contributed by atoms with E-state index in [9.17, 15) is 9.59 Å². The monoisotopic (exact) mass is 420 g/mol. The van der Waals surface area contributed by atoms with Crippen LogP contribution < -0.4 is 10.1 Å². The van der Waals surface area contributed by atoms with Gasteiger partial charge < -0.3 is 14.6 Å². The number of carbonyl (C=O) groups excluding carboxylic acids is 2. The number of para-hydroxylation sites is 1. The number of nitrogens with zero attached hydrogens (tertiary/aromatic N) is 2. The number of nitrogens with one attached hydrogen (secondary N) is 2. The first-order valence-electron chi connectivity index (χ1n) is 9.27. The second-order valence-corrected chi connectivity index (χ2v) is 7.70. The van der Waals surface area contributed by atoms with Crippen LogP contribution in [-0.2, 0) is 4.79 Å². The van der Waals surface area contributed by atoms with Gasteiger partial charge in [0.2, 0.25) is 0 Å². The molecule has 2 amide bonds. The average Bonchev–Trinajstić information content (AvgIpc) is 3.38. The van der Waals surface area contributed by atoms with Crippen molar-refractivity contribution < 1.29 is 14.3 Å². The molecule has 0 bridgehead atoms. The van der Waals surface area contributed by atoms with Crippen LogP contribution in [-0.4, -0.2) is 47.4 Å². The van der Waals surface area contributed by atoms with Crippen LogP contribution in [0.25, 0.3) is 22.2 Å². The van der Waals surface area contributed by atoms with Gasteiger partial charge in [0.1, 0.15) is 5.75 Å². The van der Waals surface area contributed by atoms with Crippen molar-refractivity contribution in [3.05, 3.63) is 65.7 Å². The van der Waals surface area contributed by atoms with E-state index in [-0.39, 0.29) is 18.4 Å². The molecule has 0 aliphatic rings. The molecule has 30 heavy (non-hydrogen) atoms. The van der Waals surface area contributed by atoms with E-state index >= 15 is 0 Å². The number of hydrogen-bond acceptors (Lipinski definition) is 5. The fourth-order valence-corrected chi connectivity index (χ4v) is 3.61. The van der Waals surface area contributed by atoms with E-state index in [1.165, 1.54) is 16.2 Å². The summed E-state index contributed by atoms with van der Waals surface area (Å²) in [6.07, 6.45) is 1.92. The van der Waals surface area contributed by atoms with E-state index in [0.29, 0.717) is 16.4 Å². The highest BCUT2D eigenvalue weighted by molar-refractivity contribution is 7.14. The Kier molecular flexibility index (Phi) is 5.49. The highest BCUT2D eigenvalue weighted by Crippen LogP contribution is 2.31. The number of carbonyl (C=O) groups is 2. The molecule has 2 aromatic carbocycles. The zero-order chi connectivity index (χ0) is 21.1. The quantitative estimate of drug-likeness (QED) is 0.493. The summed E-state index contributed by atoms with van der Waals surface area (Å²) < 4.78 is 5.48. The molecule has 0 fully saturated rings. The van der Waals surface area contributed by atoms with Gasteiger partial charge in [-0.05, 0) is 24.3 Å². The number of rotatable bonds is 6. The third kappa shape index (κ3) is 4.18. The van der Waals surface area contributed by atoms with Gasteiger partial charge >= 0.3 is 0 Å². The molecule has 0 aliphatic heterocycles. The van der Waals surface area contributed by atoms with E-state index in [4.69, 9.17) is 4.74 Å². The largest absolute Gasteiger partial charge is 0.484 e. The molecule has 0 atom stereocenters. The Hall–Kier alpha value is -3.65. The van der Waals surface area contributed by atoms with Crippen LogP contribution in [0.3, 0.4) is 0 Å². The summed E-state index contributed by atoms with van der Waals surface area (Å²) in [6, 6.07) is 14.7. The summed E-state index contributed by atoms with van der Waals surface area (Å²) >= 11 is 1.36.